The number of hydrogen-bond acceptors (Lipinski definition) is 4. The number of anilines is 1. The van der Waals surface area contributed by atoms with E-state index in [-0.39, 0.29) is 5.91 Å². The highest BCUT2D eigenvalue weighted by molar-refractivity contribution is 6.05. The Hall–Kier alpha value is -3.15. The summed E-state index contributed by atoms with van der Waals surface area (Å²) in [4.78, 5) is 24.5. The van der Waals surface area contributed by atoms with Crippen molar-refractivity contribution in [1.82, 2.24) is 9.61 Å². The average molecular weight is 337 g/mol. The number of nitrogens with one attached hydrogen (secondary N) is 1. The number of rotatable bonds is 4. The number of pyridine rings is 1. The van der Waals surface area contributed by atoms with Crippen molar-refractivity contribution in [3.8, 4) is 0 Å². The van der Waals surface area contributed by atoms with Crippen LogP contribution in [0.4, 0.5) is 5.69 Å². The minimum atomic E-state index is -0.435. The van der Waals surface area contributed by atoms with Crippen LogP contribution in [-0.4, -0.2) is 28.1 Å². The molecule has 2 aromatic heterocycles. The molecule has 25 heavy (non-hydrogen) atoms. The first-order chi connectivity index (χ1) is 12.0. The zero-order valence-corrected chi connectivity index (χ0v) is 14.4. The van der Waals surface area contributed by atoms with Gasteiger partial charge in [0.25, 0.3) is 5.91 Å². The van der Waals surface area contributed by atoms with Crippen molar-refractivity contribution in [3.05, 3.63) is 65.0 Å². The molecule has 0 aliphatic rings. The maximum atomic E-state index is 12.5. The van der Waals surface area contributed by atoms with Crippen molar-refractivity contribution in [1.29, 1.82) is 0 Å². The van der Waals surface area contributed by atoms with Crippen molar-refractivity contribution < 1.29 is 14.3 Å². The molecule has 0 aliphatic heterocycles. The third kappa shape index (κ3) is 3.52. The van der Waals surface area contributed by atoms with Crippen LogP contribution >= 0.6 is 0 Å². The quantitative estimate of drug-likeness (QED) is 0.741. The molecule has 0 saturated carbocycles. The summed E-state index contributed by atoms with van der Waals surface area (Å²) in [5, 5.41) is 6.99. The maximum absolute atomic E-state index is 12.5. The first-order valence-electron chi connectivity index (χ1n) is 8.02. The minimum Gasteiger partial charge on any atom is -0.462 e. The standard InChI is InChI=1S/C19H19N3O3/c1-4-25-19(24)16-11-20-22-6-5-15(10-17(16)22)21-18(23)14-8-12(2)7-13(3)9-14/h5-11H,4H2,1-3H3,(H,21,23). The fraction of sp³-hybridized carbons (Fsp3) is 0.211. The number of hydrogen-bond donors (Lipinski definition) is 1. The predicted octanol–water partition coefficient (Wildman–Crippen LogP) is 3.38. The van der Waals surface area contributed by atoms with E-state index in [0.29, 0.717) is 28.9 Å². The van der Waals surface area contributed by atoms with Gasteiger partial charge in [-0.1, -0.05) is 17.2 Å². The van der Waals surface area contributed by atoms with E-state index in [2.05, 4.69) is 10.4 Å². The molecule has 2 heterocycles. The van der Waals surface area contributed by atoms with Crippen LogP contribution in [0.3, 0.4) is 0 Å². The van der Waals surface area contributed by atoms with E-state index >= 15 is 0 Å². The SMILES string of the molecule is CCOC(=O)c1cnn2ccc(NC(=O)c3cc(C)cc(C)c3)cc12. The van der Waals surface area contributed by atoms with Crippen molar-refractivity contribution in [2.45, 2.75) is 20.8 Å². The zero-order valence-electron chi connectivity index (χ0n) is 14.4. The van der Waals surface area contributed by atoms with E-state index in [9.17, 15) is 9.59 Å². The van der Waals surface area contributed by atoms with Crippen molar-refractivity contribution in [3.63, 3.8) is 0 Å². The lowest BCUT2D eigenvalue weighted by Gasteiger charge is -2.08. The highest BCUT2D eigenvalue weighted by Crippen LogP contribution is 2.18. The van der Waals surface area contributed by atoms with E-state index < -0.39 is 5.97 Å². The fourth-order valence-electron chi connectivity index (χ4n) is 2.73. The van der Waals surface area contributed by atoms with Gasteiger partial charge in [0.05, 0.1) is 18.3 Å². The molecule has 1 aromatic carbocycles. The molecule has 0 unspecified atom stereocenters. The molecule has 0 fully saturated rings. The first-order valence-corrected chi connectivity index (χ1v) is 8.02. The summed E-state index contributed by atoms with van der Waals surface area (Å²) < 4.78 is 6.60. The summed E-state index contributed by atoms with van der Waals surface area (Å²) in [6.07, 6.45) is 3.15. The summed E-state index contributed by atoms with van der Waals surface area (Å²) in [6.45, 7) is 5.94. The number of fused-ring (bicyclic) bond motifs is 1. The van der Waals surface area contributed by atoms with Gasteiger partial charge in [0, 0.05) is 17.4 Å². The van der Waals surface area contributed by atoms with Crippen LogP contribution in [0.1, 0.15) is 38.8 Å². The zero-order chi connectivity index (χ0) is 18.0. The molecule has 0 saturated heterocycles. The summed E-state index contributed by atoms with van der Waals surface area (Å²) in [5.74, 6) is -0.636. The maximum Gasteiger partial charge on any atom is 0.341 e. The minimum absolute atomic E-state index is 0.201. The van der Waals surface area contributed by atoms with E-state index in [0.717, 1.165) is 11.1 Å². The summed E-state index contributed by atoms with van der Waals surface area (Å²) >= 11 is 0. The van der Waals surface area contributed by atoms with Gasteiger partial charge in [-0.2, -0.15) is 5.10 Å². The molecule has 3 aromatic rings. The van der Waals surface area contributed by atoms with Gasteiger partial charge in [-0.25, -0.2) is 9.31 Å². The lowest BCUT2D eigenvalue weighted by Crippen LogP contribution is -2.12. The number of ether oxygens (including phenoxy) is 1. The number of aryl methyl sites for hydroxylation is 2. The van der Waals surface area contributed by atoms with Gasteiger partial charge in [-0.3, -0.25) is 4.79 Å². The number of amides is 1. The lowest BCUT2D eigenvalue weighted by atomic mass is 10.1. The second-order valence-electron chi connectivity index (χ2n) is 5.85. The van der Waals surface area contributed by atoms with Crippen LogP contribution in [0.25, 0.3) is 5.52 Å². The highest BCUT2D eigenvalue weighted by Gasteiger charge is 2.15. The first kappa shape index (κ1) is 16.7. The van der Waals surface area contributed by atoms with E-state index in [1.807, 2.05) is 32.0 Å². The van der Waals surface area contributed by atoms with Crippen LogP contribution in [0, 0.1) is 13.8 Å². The summed E-state index contributed by atoms with van der Waals surface area (Å²) in [6, 6.07) is 9.13. The Kier molecular flexibility index (Phi) is 4.52. The van der Waals surface area contributed by atoms with Crippen molar-refractivity contribution in [2.75, 3.05) is 11.9 Å². The van der Waals surface area contributed by atoms with Gasteiger partial charge in [0.1, 0.15) is 5.56 Å². The molecular weight excluding hydrogens is 318 g/mol. The van der Waals surface area contributed by atoms with Gasteiger partial charge in [0.15, 0.2) is 0 Å². The van der Waals surface area contributed by atoms with E-state index in [4.69, 9.17) is 4.74 Å². The normalized spacial score (nSPS) is 10.7. The van der Waals surface area contributed by atoms with Crippen molar-refractivity contribution in [2.24, 2.45) is 0 Å². The largest absolute Gasteiger partial charge is 0.462 e. The Bertz CT molecular complexity index is 939. The number of carbonyl (C=O) groups excluding carboxylic acids is 2. The fourth-order valence-corrected chi connectivity index (χ4v) is 2.73. The second kappa shape index (κ2) is 6.76. The number of carbonyl (C=O) groups is 2. The molecular formula is C19H19N3O3. The van der Waals surface area contributed by atoms with Gasteiger partial charge in [-0.15, -0.1) is 0 Å². The van der Waals surface area contributed by atoms with Crippen LogP contribution in [0.5, 0.6) is 0 Å². The van der Waals surface area contributed by atoms with Crippen LogP contribution in [-0.2, 0) is 4.74 Å². The molecule has 6 heteroatoms. The average Bonchev–Trinajstić information content (AvgIpc) is 2.97. The summed E-state index contributed by atoms with van der Waals surface area (Å²) in [5.41, 5.74) is 4.18. The topological polar surface area (TPSA) is 72.7 Å². The third-order valence-corrected chi connectivity index (χ3v) is 3.76. The number of nitrogens with zero attached hydrogens (tertiary/aromatic N) is 2. The van der Waals surface area contributed by atoms with Crippen LogP contribution in [0.15, 0.2) is 42.7 Å². The second-order valence-corrected chi connectivity index (χ2v) is 5.85. The van der Waals surface area contributed by atoms with Gasteiger partial charge in [-0.05, 0) is 45.0 Å². The molecule has 128 valence electrons. The third-order valence-electron chi connectivity index (χ3n) is 3.76. The number of aromatic nitrogens is 2. The van der Waals surface area contributed by atoms with Crippen LogP contribution in [0.2, 0.25) is 0 Å². The van der Waals surface area contributed by atoms with Gasteiger partial charge < -0.3 is 10.1 Å². The Morgan fingerprint density at radius 3 is 2.56 bits per heavy atom. The number of esters is 1. The smallest absolute Gasteiger partial charge is 0.341 e. The number of benzene rings is 1. The Morgan fingerprint density at radius 2 is 1.88 bits per heavy atom. The van der Waals surface area contributed by atoms with Crippen molar-refractivity contribution >= 4 is 23.1 Å². The molecule has 6 nitrogen and oxygen atoms in total. The summed E-state index contributed by atoms with van der Waals surface area (Å²) in [7, 11) is 0. The van der Waals surface area contributed by atoms with E-state index in [1.165, 1.54) is 6.20 Å². The molecule has 0 aliphatic carbocycles. The van der Waals surface area contributed by atoms with Gasteiger partial charge >= 0.3 is 5.97 Å². The van der Waals surface area contributed by atoms with E-state index in [1.54, 1.807) is 29.8 Å². The molecule has 0 radical (unpaired) electrons. The van der Waals surface area contributed by atoms with Gasteiger partial charge in [0.2, 0.25) is 0 Å². The molecule has 0 spiro atoms. The molecule has 3 rings (SSSR count). The Labute approximate surface area is 145 Å². The monoisotopic (exact) mass is 337 g/mol. The molecule has 1 amide bonds. The lowest BCUT2D eigenvalue weighted by molar-refractivity contribution is 0.0528. The molecule has 1 N–H and O–H groups in total. The van der Waals surface area contributed by atoms with Crippen LogP contribution < -0.4 is 5.32 Å². The molecule has 0 bridgehead atoms. The Morgan fingerprint density at radius 1 is 1.16 bits per heavy atom. The highest BCUT2D eigenvalue weighted by atomic mass is 16.5. The molecule has 0 atom stereocenters. The Balaban J connectivity index is 1.89. The predicted molar refractivity (Wildman–Crippen MR) is 95.0 cm³/mol.